The Balaban J connectivity index is 1.41. The number of methoxy groups -OCH3 is 1. The van der Waals surface area contributed by atoms with Crippen LogP contribution in [-0.2, 0) is 22.6 Å². The molecule has 0 aromatic heterocycles. The number of hydrogen-bond acceptors (Lipinski definition) is 4. The van der Waals surface area contributed by atoms with E-state index in [1.165, 1.54) is 4.90 Å². The number of aryl methyl sites for hydroxylation is 2. The first-order valence-electron chi connectivity index (χ1n) is 10.9. The van der Waals surface area contributed by atoms with E-state index >= 15 is 0 Å². The Morgan fingerprint density at radius 2 is 1.78 bits per heavy atom. The number of piperidine rings is 1. The second-order valence-corrected chi connectivity index (χ2v) is 8.70. The Morgan fingerprint density at radius 1 is 1.06 bits per heavy atom. The van der Waals surface area contributed by atoms with Gasteiger partial charge in [0.15, 0.2) is 0 Å². The third-order valence-electron chi connectivity index (χ3n) is 6.58. The number of rotatable bonds is 5. The van der Waals surface area contributed by atoms with Gasteiger partial charge in [0, 0.05) is 18.7 Å². The number of amides is 4. The van der Waals surface area contributed by atoms with E-state index in [4.69, 9.17) is 4.74 Å². The van der Waals surface area contributed by atoms with Crippen molar-refractivity contribution in [2.45, 2.75) is 45.2 Å². The van der Waals surface area contributed by atoms with E-state index in [2.05, 4.69) is 5.32 Å². The molecular formula is C25H29N3O4. The van der Waals surface area contributed by atoms with Gasteiger partial charge in [0.05, 0.1) is 20.1 Å². The number of benzene rings is 2. The van der Waals surface area contributed by atoms with Crippen molar-refractivity contribution in [3.63, 3.8) is 0 Å². The normalized spacial score (nSPS) is 17.6. The first kappa shape index (κ1) is 21.9. The van der Waals surface area contributed by atoms with Gasteiger partial charge >= 0.3 is 6.03 Å². The second-order valence-electron chi connectivity index (χ2n) is 8.70. The zero-order valence-corrected chi connectivity index (χ0v) is 18.8. The SMILES string of the molecule is COc1ccccc1CC(=O)N1CCC2(CC1)NC(=O)N(Cc1cc(C)ccc1C)C2=O. The lowest BCUT2D eigenvalue weighted by atomic mass is 9.87. The van der Waals surface area contributed by atoms with E-state index in [0.29, 0.717) is 31.7 Å². The van der Waals surface area contributed by atoms with Crippen LogP contribution in [0.2, 0.25) is 0 Å². The zero-order chi connectivity index (χ0) is 22.9. The molecule has 1 spiro atoms. The van der Waals surface area contributed by atoms with Crippen LogP contribution in [0, 0.1) is 13.8 Å². The highest BCUT2D eigenvalue weighted by atomic mass is 16.5. The quantitative estimate of drug-likeness (QED) is 0.733. The Kier molecular flexibility index (Phi) is 5.91. The van der Waals surface area contributed by atoms with E-state index in [1.54, 1.807) is 12.0 Å². The first-order chi connectivity index (χ1) is 15.3. The van der Waals surface area contributed by atoms with Crippen molar-refractivity contribution in [3.05, 3.63) is 64.7 Å². The molecule has 2 aromatic carbocycles. The maximum atomic E-state index is 13.3. The summed E-state index contributed by atoms with van der Waals surface area (Å²) in [5, 5.41) is 2.93. The van der Waals surface area contributed by atoms with Gasteiger partial charge in [-0.25, -0.2) is 4.79 Å². The van der Waals surface area contributed by atoms with E-state index in [1.807, 2.05) is 56.3 Å². The van der Waals surface area contributed by atoms with Gasteiger partial charge in [0.2, 0.25) is 5.91 Å². The lowest BCUT2D eigenvalue weighted by Gasteiger charge is -2.37. The standard InChI is InChI=1S/C25H29N3O4/c1-17-8-9-18(2)20(14-17)16-28-23(30)25(26-24(28)31)10-12-27(13-11-25)22(29)15-19-6-4-5-7-21(19)32-3/h4-9,14H,10-13,15-16H2,1-3H3,(H,26,31). The van der Waals surface area contributed by atoms with Gasteiger partial charge in [-0.15, -0.1) is 0 Å². The molecule has 0 atom stereocenters. The van der Waals surface area contributed by atoms with E-state index < -0.39 is 5.54 Å². The molecule has 0 unspecified atom stereocenters. The number of nitrogens with one attached hydrogen (secondary N) is 1. The van der Waals surface area contributed by atoms with Crippen LogP contribution in [0.5, 0.6) is 5.75 Å². The lowest BCUT2D eigenvalue weighted by Crippen LogP contribution is -2.56. The van der Waals surface area contributed by atoms with Crippen LogP contribution in [0.4, 0.5) is 4.79 Å². The minimum Gasteiger partial charge on any atom is -0.496 e. The van der Waals surface area contributed by atoms with Gasteiger partial charge in [-0.2, -0.15) is 0 Å². The number of ether oxygens (including phenoxy) is 1. The molecule has 1 N–H and O–H groups in total. The molecule has 2 aromatic rings. The van der Waals surface area contributed by atoms with Crippen LogP contribution in [0.1, 0.15) is 35.1 Å². The minimum absolute atomic E-state index is 0.00614. The largest absolute Gasteiger partial charge is 0.496 e. The highest BCUT2D eigenvalue weighted by Gasteiger charge is 2.52. The fourth-order valence-corrected chi connectivity index (χ4v) is 4.56. The summed E-state index contributed by atoms with van der Waals surface area (Å²) in [5.74, 6) is 0.489. The summed E-state index contributed by atoms with van der Waals surface area (Å²) in [6.45, 7) is 5.09. The molecule has 2 fully saturated rings. The van der Waals surface area contributed by atoms with E-state index in [9.17, 15) is 14.4 Å². The summed E-state index contributed by atoms with van der Waals surface area (Å²) in [7, 11) is 1.59. The minimum atomic E-state index is -0.921. The predicted octanol–water partition coefficient (Wildman–Crippen LogP) is 2.97. The Labute approximate surface area is 188 Å². The monoisotopic (exact) mass is 435 g/mol. The van der Waals surface area contributed by atoms with Crippen LogP contribution < -0.4 is 10.1 Å². The smallest absolute Gasteiger partial charge is 0.325 e. The summed E-state index contributed by atoms with van der Waals surface area (Å²) in [4.78, 5) is 41.9. The highest BCUT2D eigenvalue weighted by Crippen LogP contribution is 2.31. The fourth-order valence-electron chi connectivity index (χ4n) is 4.56. The van der Waals surface area contributed by atoms with Gasteiger partial charge in [-0.05, 0) is 43.9 Å². The molecule has 2 aliphatic heterocycles. The van der Waals surface area contributed by atoms with Crippen molar-refractivity contribution in [1.29, 1.82) is 0 Å². The Bertz CT molecular complexity index is 1060. The number of urea groups is 1. The van der Waals surface area contributed by atoms with Crippen molar-refractivity contribution >= 4 is 17.8 Å². The average Bonchev–Trinajstić information content (AvgIpc) is 3.01. The van der Waals surface area contributed by atoms with Crippen molar-refractivity contribution in [2.75, 3.05) is 20.2 Å². The van der Waals surface area contributed by atoms with Crippen LogP contribution in [-0.4, -0.2) is 53.4 Å². The van der Waals surface area contributed by atoms with Gasteiger partial charge in [0.25, 0.3) is 5.91 Å². The molecule has 0 saturated carbocycles. The van der Waals surface area contributed by atoms with E-state index in [0.717, 1.165) is 22.3 Å². The summed E-state index contributed by atoms with van der Waals surface area (Å²) >= 11 is 0. The molecule has 168 valence electrons. The van der Waals surface area contributed by atoms with Crippen molar-refractivity contribution in [1.82, 2.24) is 15.1 Å². The zero-order valence-electron chi connectivity index (χ0n) is 18.8. The van der Waals surface area contributed by atoms with E-state index in [-0.39, 0.29) is 30.8 Å². The third-order valence-corrected chi connectivity index (χ3v) is 6.58. The van der Waals surface area contributed by atoms with Gasteiger partial charge in [-0.3, -0.25) is 14.5 Å². The summed E-state index contributed by atoms with van der Waals surface area (Å²) in [6.07, 6.45) is 1.08. The molecule has 32 heavy (non-hydrogen) atoms. The number of likely N-dealkylation sites (tertiary alicyclic amines) is 1. The van der Waals surface area contributed by atoms with Crippen molar-refractivity contribution in [2.24, 2.45) is 0 Å². The molecule has 2 saturated heterocycles. The topological polar surface area (TPSA) is 79.0 Å². The summed E-state index contributed by atoms with van der Waals surface area (Å²) in [5.41, 5.74) is 3.03. The molecule has 7 nitrogen and oxygen atoms in total. The van der Waals surface area contributed by atoms with Crippen molar-refractivity contribution in [3.8, 4) is 5.75 Å². The Hall–Kier alpha value is -3.35. The number of hydrogen-bond donors (Lipinski definition) is 1. The number of imide groups is 1. The molecular weight excluding hydrogens is 406 g/mol. The molecule has 2 heterocycles. The molecule has 0 aliphatic carbocycles. The van der Waals surface area contributed by atoms with Crippen molar-refractivity contribution < 1.29 is 19.1 Å². The second kappa shape index (κ2) is 8.65. The summed E-state index contributed by atoms with van der Waals surface area (Å²) in [6, 6.07) is 13.2. The highest BCUT2D eigenvalue weighted by molar-refractivity contribution is 6.07. The van der Waals surface area contributed by atoms with Gasteiger partial charge < -0.3 is 15.0 Å². The molecule has 0 bridgehead atoms. The lowest BCUT2D eigenvalue weighted by molar-refractivity contribution is -0.138. The fraction of sp³-hybridized carbons (Fsp3) is 0.400. The van der Waals surface area contributed by atoms with Crippen LogP contribution in [0.25, 0.3) is 0 Å². The van der Waals surface area contributed by atoms with Gasteiger partial charge in [-0.1, -0.05) is 42.0 Å². The maximum Gasteiger partial charge on any atom is 0.325 e. The number of nitrogens with zero attached hydrogens (tertiary/aromatic N) is 2. The van der Waals surface area contributed by atoms with Gasteiger partial charge in [0.1, 0.15) is 11.3 Å². The molecule has 7 heteroatoms. The predicted molar refractivity (Wildman–Crippen MR) is 120 cm³/mol. The van der Waals surface area contributed by atoms with Crippen LogP contribution in [0.15, 0.2) is 42.5 Å². The molecule has 0 radical (unpaired) electrons. The van der Waals surface area contributed by atoms with Crippen LogP contribution in [0.3, 0.4) is 0 Å². The molecule has 4 amide bonds. The first-order valence-corrected chi connectivity index (χ1v) is 10.9. The third kappa shape index (κ3) is 4.07. The molecule has 2 aliphatic rings. The maximum absolute atomic E-state index is 13.3. The number of para-hydroxylation sites is 1. The molecule has 4 rings (SSSR count). The number of carbonyl (C=O) groups is 3. The average molecular weight is 436 g/mol. The number of carbonyl (C=O) groups excluding carboxylic acids is 3. The summed E-state index contributed by atoms with van der Waals surface area (Å²) < 4.78 is 5.34. The van der Waals surface area contributed by atoms with Crippen LogP contribution >= 0.6 is 0 Å². The Morgan fingerprint density at radius 3 is 2.50 bits per heavy atom.